The maximum absolute atomic E-state index is 12.7. The molecule has 1 amide bonds. The van der Waals surface area contributed by atoms with E-state index in [-0.39, 0.29) is 24.1 Å². The van der Waals surface area contributed by atoms with E-state index in [1.807, 2.05) is 0 Å². The lowest BCUT2D eigenvalue weighted by atomic mass is 10.1. The van der Waals surface area contributed by atoms with Gasteiger partial charge in [-0.2, -0.15) is 0 Å². The monoisotopic (exact) mass is 322 g/mol. The fourth-order valence-corrected chi connectivity index (χ4v) is 2.84. The first-order chi connectivity index (χ1) is 10.8. The molecule has 0 radical (unpaired) electrons. The van der Waals surface area contributed by atoms with Crippen molar-refractivity contribution in [2.45, 2.75) is 31.9 Å². The Morgan fingerprint density at radius 2 is 2.17 bits per heavy atom. The zero-order chi connectivity index (χ0) is 17.1. The van der Waals surface area contributed by atoms with Crippen LogP contribution >= 0.6 is 0 Å². The van der Waals surface area contributed by atoms with Crippen LogP contribution < -0.4 is 0 Å². The highest BCUT2D eigenvalue weighted by Crippen LogP contribution is 2.26. The van der Waals surface area contributed by atoms with E-state index in [0.29, 0.717) is 24.1 Å². The van der Waals surface area contributed by atoms with E-state index >= 15 is 0 Å². The van der Waals surface area contributed by atoms with Gasteiger partial charge in [-0.05, 0) is 25.0 Å². The molecule has 1 aliphatic heterocycles. The van der Waals surface area contributed by atoms with Gasteiger partial charge in [0.1, 0.15) is 0 Å². The minimum absolute atomic E-state index is 0.0858. The van der Waals surface area contributed by atoms with Gasteiger partial charge in [0, 0.05) is 37.4 Å². The molecule has 1 fully saturated rings. The second-order valence-corrected chi connectivity index (χ2v) is 5.56. The summed E-state index contributed by atoms with van der Waals surface area (Å²) in [5.74, 6) is -1.31. The topological polar surface area (TPSA) is 110 Å². The second-order valence-electron chi connectivity index (χ2n) is 5.56. The lowest BCUT2D eigenvalue weighted by Crippen LogP contribution is -2.37. The van der Waals surface area contributed by atoms with E-state index in [1.165, 1.54) is 30.2 Å². The number of likely N-dealkylation sites (tertiary alicyclic amines) is 1. The van der Waals surface area contributed by atoms with Crippen LogP contribution in [-0.4, -0.2) is 52.6 Å². The molecule has 0 aliphatic carbocycles. The Labute approximate surface area is 132 Å². The van der Waals surface area contributed by atoms with Crippen LogP contribution in [0.25, 0.3) is 0 Å². The summed E-state index contributed by atoms with van der Waals surface area (Å²) in [4.78, 5) is 35.4. The number of nitrogens with zero attached hydrogens (tertiary/aromatic N) is 2. The molecule has 1 saturated heterocycles. The van der Waals surface area contributed by atoms with Crippen LogP contribution in [0, 0.1) is 17.0 Å². The third kappa shape index (κ3) is 3.65. The number of carbonyl (C=O) groups excluding carboxylic acids is 1. The van der Waals surface area contributed by atoms with Crippen molar-refractivity contribution in [3.05, 3.63) is 39.4 Å². The fraction of sp³-hybridized carbons (Fsp3) is 0.467. The molecule has 8 heteroatoms. The number of nitro benzene ring substituents is 1. The minimum Gasteiger partial charge on any atom is -0.481 e. The van der Waals surface area contributed by atoms with Gasteiger partial charge in [0.2, 0.25) is 0 Å². The third-order valence-electron chi connectivity index (χ3n) is 4.03. The summed E-state index contributed by atoms with van der Waals surface area (Å²) < 4.78 is 5.24. The van der Waals surface area contributed by atoms with Crippen molar-refractivity contribution < 1.29 is 24.4 Å². The van der Waals surface area contributed by atoms with Crippen molar-refractivity contribution in [1.82, 2.24) is 4.90 Å². The Morgan fingerprint density at radius 1 is 1.48 bits per heavy atom. The minimum atomic E-state index is -0.982. The Bertz CT molecular complexity index is 645. The van der Waals surface area contributed by atoms with Gasteiger partial charge in [-0.3, -0.25) is 19.7 Å². The number of hydrogen-bond acceptors (Lipinski definition) is 5. The molecule has 8 nitrogen and oxygen atoms in total. The Hall–Kier alpha value is -2.48. The van der Waals surface area contributed by atoms with E-state index in [9.17, 15) is 19.7 Å². The average molecular weight is 322 g/mol. The van der Waals surface area contributed by atoms with Gasteiger partial charge in [-0.1, -0.05) is 0 Å². The summed E-state index contributed by atoms with van der Waals surface area (Å²) in [6, 6.07) is 3.58. The summed E-state index contributed by atoms with van der Waals surface area (Å²) in [7, 11) is 1.52. The first kappa shape index (κ1) is 16.9. The third-order valence-corrected chi connectivity index (χ3v) is 4.03. The molecule has 1 aromatic rings. The maximum Gasteiger partial charge on any atom is 0.305 e. The van der Waals surface area contributed by atoms with Crippen molar-refractivity contribution in [3.63, 3.8) is 0 Å². The Kier molecular flexibility index (Phi) is 4.95. The highest BCUT2D eigenvalue weighted by molar-refractivity contribution is 5.96. The predicted octanol–water partition coefficient (Wildman–Crippen LogP) is 1.61. The van der Waals surface area contributed by atoms with Crippen molar-refractivity contribution in [2.75, 3.05) is 13.7 Å². The molecule has 2 rings (SSSR count). The van der Waals surface area contributed by atoms with Crippen LogP contribution in [0.3, 0.4) is 0 Å². The van der Waals surface area contributed by atoms with Crippen LogP contribution in [0.4, 0.5) is 5.69 Å². The molecule has 1 aliphatic rings. The number of ether oxygens (including phenoxy) is 1. The molecule has 0 saturated carbocycles. The number of aryl methyl sites for hydroxylation is 1. The van der Waals surface area contributed by atoms with Crippen molar-refractivity contribution >= 4 is 17.6 Å². The lowest BCUT2D eigenvalue weighted by molar-refractivity contribution is -0.384. The molecule has 0 aromatic heterocycles. The summed E-state index contributed by atoms with van der Waals surface area (Å²) in [5.41, 5.74) is 0.735. The molecule has 0 bridgehead atoms. The van der Waals surface area contributed by atoms with E-state index in [1.54, 1.807) is 6.92 Å². The highest BCUT2D eigenvalue weighted by atomic mass is 16.6. The predicted molar refractivity (Wildman–Crippen MR) is 80.3 cm³/mol. The number of carbonyl (C=O) groups is 2. The van der Waals surface area contributed by atoms with Gasteiger partial charge in [0.15, 0.2) is 0 Å². The zero-order valence-electron chi connectivity index (χ0n) is 12.9. The largest absolute Gasteiger partial charge is 0.481 e. The van der Waals surface area contributed by atoms with E-state index in [4.69, 9.17) is 9.84 Å². The average Bonchev–Trinajstić information content (AvgIpc) is 2.88. The van der Waals surface area contributed by atoms with Crippen LogP contribution in [0.5, 0.6) is 0 Å². The molecular formula is C15H18N2O6. The first-order valence-corrected chi connectivity index (χ1v) is 7.14. The molecule has 0 spiro atoms. The van der Waals surface area contributed by atoms with Gasteiger partial charge in [-0.15, -0.1) is 0 Å². The summed E-state index contributed by atoms with van der Waals surface area (Å²) in [5, 5.41) is 19.8. The van der Waals surface area contributed by atoms with E-state index < -0.39 is 16.9 Å². The van der Waals surface area contributed by atoms with Crippen LogP contribution in [-0.2, 0) is 9.53 Å². The van der Waals surface area contributed by atoms with Crippen LogP contribution in [0.2, 0.25) is 0 Å². The van der Waals surface area contributed by atoms with Gasteiger partial charge in [-0.25, -0.2) is 0 Å². The Balaban J connectivity index is 2.27. The number of rotatable bonds is 5. The number of hydrogen-bond donors (Lipinski definition) is 1. The molecule has 1 N–H and O–H groups in total. The highest BCUT2D eigenvalue weighted by Gasteiger charge is 2.37. The number of methoxy groups -OCH3 is 1. The first-order valence-electron chi connectivity index (χ1n) is 7.14. The molecule has 124 valence electrons. The van der Waals surface area contributed by atoms with E-state index in [2.05, 4.69) is 0 Å². The number of non-ortho nitro benzene ring substituents is 1. The maximum atomic E-state index is 12.7. The standard InChI is InChI=1S/C15H18N2O6/c1-9-5-10(17(21)22)3-4-13(9)15(20)16-8-12(23-2)6-11(16)7-14(18)19/h3-5,11-12H,6-8H2,1-2H3,(H,18,19). The number of amides is 1. The van der Waals surface area contributed by atoms with E-state index in [0.717, 1.165) is 0 Å². The lowest BCUT2D eigenvalue weighted by Gasteiger charge is -2.24. The number of benzene rings is 1. The molecular weight excluding hydrogens is 304 g/mol. The summed E-state index contributed by atoms with van der Waals surface area (Å²) in [6.07, 6.45) is 0.0970. The van der Waals surface area contributed by atoms with Crippen LogP contribution in [0.15, 0.2) is 18.2 Å². The summed E-state index contributed by atoms with van der Waals surface area (Å²) in [6.45, 7) is 1.93. The number of carboxylic acids is 1. The molecule has 2 atom stereocenters. The number of carboxylic acid groups (broad SMARTS) is 1. The van der Waals surface area contributed by atoms with Crippen molar-refractivity contribution in [1.29, 1.82) is 0 Å². The van der Waals surface area contributed by atoms with Crippen LogP contribution in [0.1, 0.15) is 28.8 Å². The molecule has 2 unspecified atom stereocenters. The molecule has 23 heavy (non-hydrogen) atoms. The van der Waals surface area contributed by atoms with Gasteiger partial charge in [0.05, 0.1) is 17.4 Å². The number of nitro groups is 1. The quantitative estimate of drug-likeness (QED) is 0.651. The van der Waals surface area contributed by atoms with Gasteiger partial charge in [0.25, 0.3) is 11.6 Å². The SMILES string of the molecule is COC1CC(CC(=O)O)N(C(=O)c2ccc([N+](=O)[O-])cc2C)C1. The second kappa shape index (κ2) is 6.74. The number of aliphatic carboxylic acids is 1. The molecule has 1 aromatic carbocycles. The van der Waals surface area contributed by atoms with Gasteiger partial charge < -0.3 is 14.7 Å². The Morgan fingerprint density at radius 3 is 2.70 bits per heavy atom. The van der Waals surface area contributed by atoms with Crippen molar-refractivity contribution in [3.8, 4) is 0 Å². The fourth-order valence-electron chi connectivity index (χ4n) is 2.84. The van der Waals surface area contributed by atoms with Crippen molar-refractivity contribution in [2.24, 2.45) is 0 Å². The summed E-state index contributed by atoms with van der Waals surface area (Å²) >= 11 is 0. The normalized spacial score (nSPS) is 20.5. The van der Waals surface area contributed by atoms with Gasteiger partial charge >= 0.3 is 5.97 Å². The smallest absolute Gasteiger partial charge is 0.305 e. The molecule has 1 heterocycles. The zero-order valence-corrected chi connectivity index (χ0v) is 12.9.